The van der Waals surface area contributed by atoms with Crippen LogP contribution in [0.15, 0.2) is 84.9 Å². The first kappa shape index (κ1) is 20.9. The van der Waals surface area contributed by atoms with Gasteiger partial charge in [-0.3, -0.25) is 0 Å². The molecule has 3 rings (SSSR count). The number of rotatable bonds is 9. The number of anilines is 1. The monoisotopic (exact) mass is 404 g/mol. The van der Waals surface area contributed by atoms with Crippen molar-refractivity contribution in [3.8, 4) is 0 Å². The molecule has 0 aromatic heterocycles. The number of aliphatic carboxylic acids is 1. The highest BCUT2D eigenvalue weighted by molar-refractivity contribution is 5.80. The average molecular weight is 404 g/mol. The number of hydrogen-bond acceptors (Lipinski definition) is 4. The fourth-order valence-electron chi connectivity index (χ4n) is 2.90. The molecule has 3 aromatic carbocycles. The van der Waals surface area contributed by atoms with Gasteiger partial charge < -0.3 is 20.5 Å². The van der Waals surface area contributed by atoms with Crippen LogP contribution in [0.25, 0.3) is 0 Å². The number of ether oxygens (including phenoxy) is 1. The first-order valence-corrected chi connectivity index (χ1v) is 9.67. The van der Waals surface area contributed by atoms with Gasteiger partial charge in [0.05, 0.1) is 0 Å². The standard InChI is InChI=1S/C24H24N2O4/c27-23(28)22(15-18-7-3-1-4-8-18)26-24(29)30-17-20-13-11-19(12-14-20)16-25-21-9-5-2-6-10-21/h1-14,22,25H,15-17H2,(H,26,29)(H,27,28). The van der Waals surface area contributed by atoms with Crippen LogP contribution in [0, 0.1) is 0 Å². The molecule has 0 spiro atoms. The van der Waals surface area contributed by atoms with Gasteiger partial charge in [0.15, 0.2) is 0 Å². The summed E-state index contributed by atoms with van der Waals surface area (Å²) in [6.07, 6.45) is -0.567. The van der Waals surface area contributed by atoms with Crippen molar-refractivity contribution in [1.29, 1.82) is 0 Å². The van der Waals surface area contributed by atoms with Gasteiger partial charge in [-0.15, -0.1) is 0 Å². The highest BCUT2D eigenvalue weighted by Crippen LogP contribution is 2.11. The Morgan fingerprint density at radius 1 is 0.800 bits per heavy atom. The topological polar surface area (TPSA) is 87.7 Å². The van der Waals surface area contributed by atoms with Crippen LogP contribution < -0.4 is 10.6 Å². The third-order valence-corrected chi connectivity index (χ3v) is 4.54. The van der Waals surface area contributed by atoms with Crippen LogP contribution in [0.3, 0.4) is 0 Å². The van der Waals surface area contributed by atoms with Crippen molar-refractivity contribution in [3.05, 3.63) is 102 Å². The predicted molar refractivity (Wildman–Crippen MR) is 115 cm³/mol. The van der Waals surface area contributed by atoms with Crippen LogP contribution in [0.5, 0.6) is 0 Å². The summed E-state index contributed by atoms with van der Waals surface area (Å²) in [5.41, 5.74) is 3.79. The zero-order valence-electron chi connectivity index (χ0n) is 16.5. The molecule has 0 fully saturated rings. The molecular formula is C24H24N2O4. The zero-order chi connectivity index (χ0) is 21.2. The van der Waals surface area contributed by atoms with Crippen molar-refractivity contribution in [2.45, 2.75) is 25.6 Å². The highest BCUT2D eigenvalue weighted by atomic mass is 16.5. The first-order valence-electron chi connectivity index (χ1n) is 9.67. The second-order valence-electron chi connectivity index (χ2n) is 6.84. The van der Waals surface area contributed by atoms with E-state index in [0.29, 0.717) is 6.54 Å². The minimum absolute atomic E-state index is 0.0654. The van der Waals surface area contributed by atoms with Crippen molar-refractivity contribution in [2.75, 3.05) is 5.32 Å². The number of carboxylic acids is 1. The summed E-state index contributed by atoms with van der Waals surface area (Å²) in [6.45, 7) is 0.751. The van der Waals surface area contributed by atoms with Crippen LogP contribution in [0.4, 0.5) is 10.5 Å². The van der Waals surface area contributed by atoms with Crippen LogP contribution >= 0.6 is 0 Å². The molecule has 154 valence electrons. The number of carbonyl (C=O) groups excluding carboxylic acids is 1. The van der Waals surface area contributed by atoms with Gasteiger partial charge in [0.2, 0.25) is 0 Å². The van der Waals surface area contributed by atoms with E-state index in [4.69, 9.17) is 4.74 Å². The fraction of sp³-hybridized carbons (Fsp3) is 0.167. The Morgan fingerprint density at radius 2 is 1.40 bits per heavy atom. The SMILES string of the molecule is O=C(NC(Cc1ccccc1)C(=O)O)OCc1ccc(CNc2ccccc2)cc1. The van der Waals surface area contributed by atoms with Gasteiger partial charge in [0.1, 0.15) is 12.6 Å². The van der Waals surface area contributed by atoms with Crippen molar-refractivity contribution < 1.29 is 19.4 Å². The van der Waals surface area contributed by atoms with Crippen molar-refractivity contribution in [1.82, 2.24) is 5.32 Å². The van der Waals surface area contributed by atoms with Crippen LogP contribution in [0.1, 0.15) is 16.7 Å². The van der Waals surface area contributed by atoms with E-state index >= 15 is 0 Å². The summed E-state index contributed by atoms with van der Waals surface area (Å²) in [5, 5.41) is 15.1. The third-order valence-electron chi connectivity index (χ3n) is 4.54. The molecule has 0 aliphatic rings. The summed E-state index contributed by atoms with van der Waals surface area (Å²) in [5.74, 6) is -1.11. The van der Waals surface area contributed by atoms with E-state index in [2.05, 4.69) is 10.6 Å². The molecule has 0 saturated heterocycles. The Labute approximate surface area is 175 Å². The number of para-hydroxylation sites is 1. The maximum Gasteiger partial charge on any atom is 0.408 e. The van der Waals surface area contributed by atoms with E-state index in [1.165, 1.54) is 0 Å². The van der Waals surface area contributed by atoms with Gasteiger partial charge in [-0.05, 0) is 28.8 Å². The number of alkyl carbamates (subject to hydrolysis) is 1. The lowest BCUT2D eigenvalue weighted by atomic mass is 10.1. The van der Waals surface area contributed by atoms with E-state index in [0.717, 1.165) is 22.4 Å². The summed E-state index contributed by atoms with van der Waals surface area (Å²) in [6, 6.07) is 25.7. The van der Waals surface area contributed by atoms with Gasteiger partial charge in [0, 0.05) is 18.7 Å². The molecule has 0 aliphatic heterocycles. The second-order valence-corrected chi connectivity index (χ2v) is 6.84. The molecule has 3 aromatic rings. The Hall–Kier alpha value is -3.80. The number of carbonyl (C=O) groups is 2. The van der Waals surface area contributed by atoms with Crippen LogP contribution in [0.2, 0.25) is 0 Å². The van der Waals surface area contributed by atoms with Crippen molar-refractivity contribution in [3.63, 3.8) is 0 Å². The highest BCUT2D eigenvalue weighted by Gasteiger charge is 2.21. The van der Waals surface area contributed by atoms with Crippen LogP contribution in [-0.2, 0) is 29.1 Å². The van der Waals surface area contributed by atoms with Crippen molar-refractivity contribution >= 4 is 17.7 Å². The maximum absolute atomic E-state index is 12.0. The van der Waals surface area contributed by atoms with E-state index < -0.39 is 18.1 Å². The lowest BCUT2D eigenvalue weighted by Crippen LogP contribution is -2.42. The van der Waals surface area contributed by atoms with Crippen molar-refractivity contribution in [2.24, 2.45) is 0 Å². The van der Waals surface area contributed by atoms with E-state index in [-0.39, 0.29) is 13.0 Å². The normalized spacial score (nSPS) is 11.3. The largest absolute Gasteiger partial charge is 0.480 e. The molecule has 3 N–H and O–H groups in total. The Morgan fingerprint density at radius 3 is 2.03 bits per heavy atom. The molecule has 0 aliphatic carbocycles. The molecule has 0 radical (unpaired) electrons. The number of amides is 1. The lowest BCUT2D eigenvalue weighted by molar-refractivity contribution is -0.139. The average Bonchev–Trinajstić information content (AvgIpc) is 2.78. The van der Waals surface area contributed by atoms with E-state index in [9.17, 15) is 14.7 Å². The van der Waals surface area contributed by atoms with E-state index in [1.54, 1.807) is 0 Å². The maximum atomic E-state index is 12.0. The van der Waals surface area contributed by atoms with Gasteiger partial charge in [-0.25, -0.2) is 9.59 Å². The molecule has 6 nitrogen and oxygen atoms in total. The molecular weight excluding hydrogens is 380 g/mol. The predicted octanol–water partition coefficient (Wildman–Crippen LogP) is 4.22. The molecule has 1 amide bonds. The number of benzene rings is 3. The fourth-order valence-corrected chi connectivity index (χ4v) is 2.90. The van der Waals surface area contributed by atoms with Gasteiger partial charge in [-0.2, -0.15) is 0 Å². The molecule has 6 heteroatoms. The third kappa shape index (κ3) is 6.67. The summed E-state index contributed by atoms with van der Waals surface area (Å²) >= 11 is 0. The molecule has 1 atom stereocenters. The minimum Gasteiger partial charge on any atom is -0.480 e. The first-order chi connectivity index (χ1) is 14.6. The van der Waals surface area contributed by atoms with Gasteiger partial charge >= 0.3 is 12.1 Å². The zero-order valence-corrected chi connectivity index (χ0v) is 16.5. The Balaban J connectivity index is 1.45. The van der Waals surface area contributed by atoms with Gasteiger partial charge in [0.25, 0.3) is 0 Å². The summed E-state index contributed by atoms with van der Waals surface area (Å²) in [7, 11) is 0. The van der Waals surface area contributed by atoms with Crippen LogP contribution in [-0.4, -0.2) is 23.2 Å². The number of carboxylic acid groups (broad SMARTS) is 1. The minimum atomic E-state index is -1.11. The Bertz CT molecular complexity index is 944. The number of hydrogen-bond donors (Lipinski definition) is 3. The lowest BCUT2D eigenvalue weighted by Gasteiger charge is -2.15. The quantitative estimate of drug-likeness (QED) is 0.497. The smallest absolute Gasteiger partial charge is 0.408 e. The number of nitrogens with one attached hydrogen (secondary N) is 2. The van der Waals surface area contributed by atoms with E-state index in [1.807, 2.05) is 84.9 Å². The summed E-state index contributed by atoms with van der Waals surface area (Å²) in [4.78, 5) is 23.5. The molecule has 0 bridgehead atoms. The van der Waals surface area contributed by atoms with Gasteiger partial charge in [-0.1, -0.05) is 72.8 Å². The molecule has 30 heavy (non-hydrogen) atoms. The molecule has 0 saturated carbocycles. The summed E-state index contributed by atoms with van der Waals surface area (Å²) < 4.78 is 5.19. The molecule has 1 unspecified atom stereocenters. The molecule has 0 heterocycles. The second kappa shape index (κ2) is 10.7. The Kier molecular flexibility index (Phi) is 7.44.